The average Bonchev–Trinajstić information content (AvgIpc) is 2.78. The minimum absolute atomic E-state index is 0.0238. The summed E-state index contributed by atoms with van der Waals surface area (Å²) in [5.74, 6) is 0. The Morgan fingerprint density at radius 3 is 2.81 bits per heavy atom. The molecule has 0 saturated carbocycles. The zero-order chi connectivity index (χ0) is 11.5. The molecule has 0 radical (unpaired) electrons. The van der Waals surface area contributed by atoms with Gasteiger partial charge in [-0.1, -0.05) is 6.92 Å². The van der Waals surface area contributed by atoms with Gasteiger partial charge in [0.05, 0.1) is 11.7 Å². The van der Waals surface area contributed by atoms with E-state index in [0.717, 1.165) is 28.5 Å². The third kappa shape index (κ3) is 2.10. The summed E-state index contributed by atoms with van der Waals surface area (Å²) in [4.78, 5) is 13.0. The molecular formula is C11H14N4S. The lowest BCUT2D eigenvalue weighted by atomic mass is 10.2. The molecule has 0 aliphatic rings. The molecule has 2 aromatic rings. The number of aromatic nitrogens is 3. The van der Waals surface area contributed by atoms with Crippen molar-refractivity contribution in [3.8, 4) is 11.4 Å². The van der Waals surface area contributed by atoms with E-state index >= 15 is 0 Å². The quantitative estimate of drug-likeness (QED) is 0.885. The standard InChI is InChI=1S/C11H14N4S/c1-3-8(12)11-15-9(6-16-11)10-7(2)13-4-5-14-10/h4-6,8H,3,12H2,1-2H3. The lowest BCUT2D eigenvalue weighted by Gasteiger charge is -2.03. The molecule has 0 amide bonds. The van der Waals surface area contributed by atoms with Crippen LogP contribution in [-0.2, 0) is 0 Å². The van der Waals surface area contributed by atoms with E-state index in [1.165, 1.54) is 0 Å². The molecule has 2 aromatic heterocycles. The molecule has 4 nitrogen and oxygen atoms in total. The summed E-state index contributed by atoms with van der Waals surface area (Å²) >= 11 is 1.58. The number of nitrogens with two attached hydrogens (primary N) is 1. The van der Waals surface area contributed by atoms with E-state index in [-0.39, 0.29) is 6.04 Å². The van der Waals surface area contributed by atoms with Gasteiger partial charge >= 0.3 is 0 Å². The fourth-order valence-corrected chi connectivity index (χ4v) is 2.29. The van der Waals surface area contributed by atoms with Crippen LogP contribution in [0.5, 0.6) is 0 Å². The highest BCUT2D eigenvalue weighted by Gasteiger charge is 2.12. The van der Waals surface area contributed by atoms with Gasteiger partial charge in [-0.3, -0.25) is 9.97 Å². The van der Waals surface area contributed by atoms with Crippen LogP contribution >= 0.6 is 11.3 Å². The zero-order valence-electron chi connectivity index (χ0n) is 9.34. The summed E-state index contributed by atoms with van der Waals surface area (Å²) < 4.78 is 0. The summed E-state index contributed by atoms with van der Waals surface area (Å²) in [6, 6.07) is 0.0238. The third-order valence-electron chi connectivity index (χ3n) is 2.40. The Kier molecular flexibility index (Phi) is 3.26. The van der Waals surface area contributed by atoms with Crippen molar-refractivity contribution >= 4 is 11.3 Å². The highest BCUT2D eigenvalue weighted by molar-refractivity contribution is 7.10. The van der Waals surface area contributed by atoms with E-state index in [4.69, 9.17) is 5.73 Å². The van der Waals surface area contributed by atoms with Crippen LogP contribution in [0.25, 0.3) is 11.4 Å². The first-order chi connectivity index (χ1) is 7.72. The number of hydrogen-bond donors (Lipinski definition) is 1. The third-order valence-corrected chi connectivity index (χ3v) is 3.38. The van der Waals surface area contributed by atoms with E-state index in [0.29, 0.717) is 0 Å². The Morgan fingerprint density at radius 1 is 1.38 bits per heavy atom. The van der Waals surface area contributed by atoms with Crippen molar-refractivity contribution in [3.63, 3.8) is 0 Å². The van der Waals surface area contributed by atoms with Crippen molar-refractivity contribution in [2.24, 2.45) is 5.73 Å². The number of nitrogens with zero attached hydrogens (tertiary/aromatic N) is 3. The van der Waals surface area contributed by atoms with Gasteiger partial charge in [0.15, 0.2) is 0 Å². The van der Waals surface area contributed by atoms with E-state index in [2.05, 4.69) is 21.9 Å². The summed E-state index contributed by atoms with van der Waals surface area (Å²) in [6.07, 6.45) is 4.26. The van der Waals surface area contributed by atoms with Crippen LogP contribution in [0.3, 0.4) is 0 Å². The first-order valence-corrected chi connectivity index (χ1v) is 6.09. The molecule has 0 saturated heterocycles. The molecule has 2 rings (SSSR count). The van der Waals surface area contributed by atoms with Crippen molar-refractivity contribution in [1.82, 2.24) is 15.0 Å². The molecule has 0 aliphatic carbocycles. The van der Waals surface area contributed by atoms with Crippen LogP contribution in [0.4, 0.5) is 0 Å². The summed E-state index contributed by atoms with van der Waals surface area (Å²) in [7, 11) is 0. The second-order valence-corrected chi connectivity index (χ2v) is 4.47. The first kappa shape index (κ1) is 11.2. The molecule has 2 N–H and O–H groups in total. The van der Waals surface area contributed by atoms with Crippen molar-refractivity contribution in [1.29, 1.82) is 0 Å². The van der Waals surface area contributed by atoms with Crippen LogP contribution in [-0.4, -0.2) is 15.0 Å². The van der Waals surface area contributed by atoms with Crippen molar-refractivity contribution < 1.29 is 0 Å². The van der Waals surface area contributed by atoms with Crippen molar-refractivity contribution in [2.45, 2.75) is 26.3 Å². The Bertz CT molecular complexity index is 480. The molecule has 0 spiro atoms. The van der Waals surface area contributed by atoms with Gasteiger partial charge in [0, 0.05) is 17.8 Å². The highest BCUT2D eigenvalue weighted by Crippen LogP contribution is 2.25. The average molecular weight is 234 g/mol. The van der Waals surface area contributed by atoms with Crippen LogP contribution in [0.15, 0.2) is 17.8 Å². The molecule has 0 bridgehead atoms. The Balaban J connectivity index is 2.35. The van der Waals surface area contributed by atoms with Crippen LogP contribution in [0.1, 0.15) is 30.1 Å². The predicted octanol–water partition coefficient (Wildman–Crippen LogP) is 2.32. The number of aryl methyl sites for hydroxylation is 1. The molecule has 1 unspecified atom stereocenters. The normalized spacial score (nSPS) is 12.7. The second kappa shape index (κ2) is 4.67. The summed E-state index contributed by atoms with van der Waals surface area (Å²) in [5, 5.41) is 2.95. The molecule has 0 aliphatic heterocycles. The number of thiazole rings is 1. The Morgan fingerprint density at radius 2 is 2.12 bits per heavy atom. The fraction of sp³-hybridized carbons (Fsp3) is 0.364. The van der Waals surface area contributed by atoms with Crippen LogP contribution in [0.2, 0.25) is 0 Å². The SMILES string of the molecule is CCC(N)c1nc(-c2nccnc2C)cs1. The van der Waals surface area contributed by atoms with Crippen molar-refractivity contribution in [3.05, 3.63) is 28.5 Å². The van der Waals surface area contributed by atoms with Crippen LogP contribution in [0, 0.1) is 6.92 Å². The van der Waals surface area contributed by atoms with Crippen LogP contribution < -0.4 is 5.73 Å². The van der Waals surface area contributed by atoms with Gasteiger partial charge in [0.1, 0.15) is 16.4 Å². The minimum Gasteiger partial charge on any atom is -0.322 e. The Labute approximate surface area is 98.6 Å². The fourth-order valence-electron chi connectivity index (χ4n) is 1.40. The largest absolute Gasteiger partial charge is 0.322 e. The molecule has 2 heterocycles. The lowest BCUT2D eigenvalue weighted by molar-refractivity contribution is 0.693. The van der Waals surface area contributed by atoms with E-state index in [1.54, 1.807) is 23.7 Å². The second-order valence-electron chi connectivity index (χ2n) is 3.58. The maximum absolute atomic E-state index is 5.94. The van der Waals surface area contributed by atoms with Gasteiger partial charge < -0.3 is 5.73 Å². The lowest BCUT2D eigenvalue weighted by Crippen LogP contribution is -2.07. The topological polar surface area (TPSA) is 64.7 Å². The molecule has 0 aromatic carbocycles. The van der Waals surface area contributed by atoms with Gasteiger partial charge in [-0.25, -0.2) is 4.98 Å². The predicted molar refractivity (Wildman–Crippen MR) is 65.1 cm³/mol. The number of hydrogen-bond acceptors (Lipinski definition) is 5. The smallest absolute Gasteiger partial charge is 0.111 e. The van der Waals surface area contributed by atoms with E-state index < -0.39 is 0 Å². The molecular weight excluding hydrogens is 220 g/mol. The first-order valence-electron chi connectivity index (χ1n) is 5.21. The van der Waals surface area contributed by atoms with E-state index in [9.17, 15) is 0 Å². The van der Waals surface area contributed by atoms with Gasteiger partial charge in [-0.05, 0) is 13.3 Å². The molecule has 84 valence electrons. The number of rotatable bonds is 3. The highest BCUT2D eigenvalue weighted by atomic mass is 32.1. The van der Waals surface area contributed by atoms with Gasteiger partial charge in [-0.2, -0.15) is 0 Å². The molecule has 16 heavy (non-hydrogen) atoms. The maximum Gasteiger partial charge on any atom is 0.111 e. The van der Waals surface area contributed by atoms with Gasteiger partial charge in [-0.15, -0.1) is 11.3 Å². The maximum atomic E-state index is 5.94. The monoisotopic (exact) mass is 234 g/mol. The summed E-state index contributed by atoms with van der Waals surface area (Å²) in [5.41, 5.74) is 8.54. The minimum atomic E-state index is 0.0238. The van der Waals surface area contributed by atoms with Crippen molar-refractivity contribution in [2.75, 3.05) is 0 Å². The molecule has 1 atom stereocenters. The van der Waals surface area contributed by atoms with Gasteiger partial charge in [0.2, 0.25) is 0 Å². The molecule has 5 heteroatoms. The Hall–Kier alpha value is -1.33. The van der Waals surface area contributed by atoms with Gasteiger partial charge in [0.25, 0.3) is 0 Å². The zero-order valence-corrected chi connectivity index (χ0v) is 10.2. The molecule has 0 fully saturated rings. The summed E-state index contributed by atoms with van der Waals surface area (Å²) in [6.45, 7) is 3.99. The van der Waals surface area contributed by atoms with E-state index in [1.807, 2.05) is 12.3 Å².